The molecule has 0 aliphatic heterocycles. The summed E-state index contributed by atoms with van der Waals surface area (Å²) in [6, 6.07) is 0. The number of hydrogen-bond donors (Lipinski definition) is 1. The summed E-state index contributed by atoms with van der Waals surface area (Å²) in [6.07, 6.45) is 8.92. The zero-order valence-corrected chi connectivity index (χ0v) is 20.6. The molecular formula is C21H34NaO5S. The van der Waals surface area contributed by atoms with Crippen LogP contribution in [0.25, 0.3) is 0 Å². The average Bonchev–Trinajstić information content (AvgIpc) is 2.91. The Bertz CT molecular complexity index is 724. The quantitative estimate of drug-likeness (QED) is 0.549. The van der Waals surface area contributed by atoms with Gasteiger partial charge in [-0.25, -0.2) is 4.18 Å². The molecule has 0 aromatic carbocycles. The van der Waals surface area contributed by atoms with E-state index in [0.717, 1.165) is 32.1 Å². The Morgan fingerprint density at radius 2 is 1.61 bits per heavy atom. The second-order valence-electron chi connectivity index (χ2n) is 10.4. The van der Waals surface area contributed by atoms with E-state index in [1.54, 1.807) is 6.92 Å². The van der Waals surface area contributed by atoms with Crippen LogP contribution in [-0.4, -0.2) is 54.4 Å². The molecule has 0 bridgehead atoms. The molecule has 0 spiro atoms. The number of fused-ring (bicyclic) bond motifs is 5. The number of rotatable bonds is 3. The van der Waals surface area contributed by atoms with Crippen molar-refractivity contribution in [2.24, 2.45) is 40.4 Å². The Kier molecular flexibility index (Phi) is 6.55. The van der Waals surface area contributed by atoms with Crippen molar-refractivity contribution in [3.63, 3.8) is 0 Å². The molecule has 7 heteroatoms. The molecule has 0 aromatic heterocycles. The molecule has 0 heterocycles. The molecule has 5 nitrogen and oxygen atoms in total. The molecule has 4 fully saturated rings. The molecule has 4 rings (SSSR count). The first-order valence-electron chi connectivity index (χ1n) is 10.7. The molecule has 4 aliphatic carbocycles. The molecule has 8 atom stereocenters. The Morgan fingerprint density at radius 1 is 0.964 bits per heavy atom. The van der Waals surface area contributed by atoms with Crippen molar-refractivity contribution in [2.45, 2.75) is 84.7 Å². The molecule has 28 heavy (non-hydrogen) atoms. The zero-order valence-electron chi connectivity index (χ0n) is 17.8. The summed E-state index contributed by atoms with van der Waals surface area (Å²) < 4.78 is 36.2. The summed E-state index contributed by atoms with van der Waals surface area (Å²) in [5.41, 5.74) is 0.416. The molecule has 0 amide bonds. The van der Waals surface area contributed by atoms with Gasteiger partial charge < -0.3 is 0 Å². The monoisotopic (exact) mass is 421 g/mol. The SMILES string of the molecule is CC(=O)[C@H]1CC[C@H]2[C@@H]3CC[C@H]4C[C@@H](OS(=O)(=O)O)CC[C@]4(C)[C@H]3CC[C@]12C.[Na]. The Morgan fingerprint density at radius 3 is 2.25 bits per heavy atom. The fraction of sp³-hybridized carbons (Fsp3) is 0.952. The van der Waals surface area contributed by atoms with E-state index < -0.39 is 10.4 Å². The van der Waals surface area contributed by atoms with Crippen LogP contribution < -0.4 is 0 Å². The van der Waals surface area contributed by atoms with E-state index in [4.69, 9.17) is 8.74 Å². The first kappa shape index (κ1) is 23.2. The van der Waals surface area contributed by atoms with Gasteiger partial charge in [-0.2, -0.15) is 8.42 Å². The minimum absolute atomic E-state index is 0. The van der Waals surface area contributed by atoms with Crippen LogP contribution in [0.3, 0.4) is 0 Å². The average molecular weight is 422 g/mol. The minimum Gasteiger partial charge on any atom is -0.300 e. The van der Waals surface area contributed by atoms with Gasteiger partial charge in [-0.15, -0.1) is 0 Å². The van der Waals surface area contributed by atoms with Gasteiger partial charge in [0.1, 0.15) is 5.78 Å². The number of ketones is 1. The molecule has 4 saturated carbocycles. The summed E-state index contributed by atoms with van der Waals surface area (Å²) in [7, 11) is -4.37. The third-order valence-electron chi connectivity index (χ3n) is 9.37. The zero-order chi connectivity index (χ0) is 19.6. The van der Waals surface area contributed by atoms with E-state index in [2.05, 4.69) is 13.8 Å². The molecule has 155 valence electrons. The summed E-state index contributed by atoms with van der Waals surface area (Å²) in [4.78, 5) is 12.2. The Balaban J connectivity index is 0.00000225. The van der Waals surface area contributed by atoms with Gasteiger partial charge in [0.15, 0.2) is 0 Å². The maximum atomic E-state index is 12.2. The predicted molar refractivity (Wildman–Crippen MR) is 108 cm³/mol. The van der Waals surface area contributed by atoms with Crippen molar-refractivity contribution in [2.75, 3.05) is 0 Å². The smallest absolute Gasteiger partial charge is 0.300 e. The third-order valence-corrected chi connectivity index (χ3v) is 9.88. The van der Waals surface area contributed by atoms with Gasteiger partial charge >= 0.3 is 10.4 Å². The standard InChI is InChI=1S/C21H34O5S.Na/c1-13(22)17-6-7-18-16-5-4-14-12-15(26-27(23,24)25)8-10-20(14,2)19(16)9-11-21(17,18)3;/h14-19H,4-12H2,1-3H3,(H,23,24,25);/t14-,15-,16-,17+,18-,19-,20-,21+;/m0./s1. The number of carbonyl (C=O) groups is 1. The summed E-state index contributed by atoms with van der Waals surface area (Å²) in [6.45, 7) is 6.57. The van der Waals surface area contributed by atoms with E-state index in [1.807, 2.05) is 0 Å². The van der Waals surface area contributed by atoms with Crippen molar-refractivity contribution >= 4 is 45.7 Å². The van der Waals surface area contributed by atoms with Gasteiger partial charge in [-0.3, -0.25) is 9.35 Å². The van der Waals surface area contributed by atoms with E-state index in [-0.39, 0.29) is 52.4 Å². The van der Waals surface area contributed by atoms with Gasteiger partial charge in [-0.05, 0) is 99.2 Å². The topological polar surface area (TPSA) is 80.7 Å². The maximum Gasteiger partial charge on any atom is 0.397 e. The van der Waals surface area contributed by atoms with Gasteiger partial charge in [0.05, 0.1) is 6.10 Å². The van der Waals surface area contributed by atoms with E-state index in [0.29, 0.717) is 35.9 Å². The maximum absolute atomic E-state index is 12.2. The Labute approximate surface area is 192 Å². The van der Waals surface area contributed by atoms with Crippen LogP contribution in [0.15, 0.2) is 0 Å². The minimum atomic E-state index is -4.37. The molecule has 0 unspecified atom stereocenters. The van der Waals surface area contributed by atoms with Gasteiger partial charge in [0, 0.05) is 35.5 Å². The first-order chi connectivity index (χ1) is 12.5. The van der Waals surface area contributed by atoms with Crippen LogP contribution in [-0.2, 0) is 19.4 Å². The second kappa shape index (κ2) is 7.90. The molecule has 0 aromatic rings. The Hall–Kier alpha value is 0.540. The van der Waals surface area contributed by atoms with Gasteiger partial charge in [0.25, 0.3) is 0 Å². The van der Waals surface area contributed by atoms with Crippen molar-refractivity contribution in [3.8, 4) is 0 Å². The van der Waals surface area contributed by atoms with Crippen LogP contribution in [0.4, 0.5) is 0 Å². The van der Waals surface area contributed by atoms with E-state index in [1.165, 1.54) is 19.3 Å². The predicted octanol–water partition coefficient (Wildman–Crippen LogP) is 4.04. The number of hydrogen-bond acceptors (Lipinski definition) is 4. The molecular weight excluding hydrogens is 387 g/mol. The van der Waals surface area contributed by atoms with Crippen molar-refractivity contribution in [3.05, 3.63) is 0 Å². The normalized spacial score (nSPS) is 48.0. The molecule has 0 saturated heterocycles. The molecule has 1 radical (unpaired) electrons. The van der Waals surface area contributed by atoms with Gasteiger partial charge in [0.2, 0.25) is 0 Å². The van der Waals surface area contributed by atoms with Crippen LogP contribution in [0.5, 0.6) is 0 Å². The number of Topliss-reactive ketones (excluding diaryl/α,β-unsaturated/α-hetero) is 1. The van der Waals surface area contributed by atoms with E-state index >= 15 is 0 Å². The summed E-state index contributed by atoms with van der Waals surface area (Å²) >= 11 is 0. The van der Waals surface area contributed by atoms with Crippen LogP contribution >= 0.6 is 0 Å². The van der Waals surface area contributed by atoms with Gasteiger partial charge in [-0.1, -0.05) is 13.8 Å². The van der Waals surface area contributed by atoms with Crippen LogP contribution in [0, 0.1) is 40.4 Å². The molecule has 1 N–H and O–H groups in total. The largest absolute Gasteiger partial charge is 0.397 e. The molecule has 4 aliphatic rings. The summed E-state index contributed by atoms with van der Waals surface area (Å²) in [5.74, 6) is 3.12. The number of carbonyl (C=O) groups excluding carboxylic acids is 1. The fourth-order valence-electron chi connectivity index (χ4n) is 8.15. The van der Waals surface area contributed by atoms with Crippen LogP contribution in [0.2, 0.25) is 0 Å². The second-order valence-corrected chi connectivity index (χ2v) is 11.4. The summed E-state index contributed by atoms with van der Waals surface area (Å²) in [5, 5.41) is 0. The third kappa shape index (κ3) is 3.80. The van der Waals surface area contributed by atoms with E-state index in [9.17, 15) is 13.2 Å². The fourth-order valence-corrected chi connectivity index (χ4v) is 8.66. The van der Waals surface area contributed by atoms with Crippen molar-refractivity contribution in [1.82, 2.24) is 0 Å². The van der Waals surface area contributed by atoms with Crippen molar-refractivity contribution in [1.29, 1.82) is 0 Å². The first-order valence-corrected chi connectivity index (χ1v) is 12.1. The van der Waals surface area contributed by atoms with Crippen molar-refractivity contribution < 1.29 is 21.9 Å². The van der Waals surface area contributed by atoms with Crippen LogP contribution in [0.1, 0.15) is 78.6 Å².